The Kier molecular flexibility index (Phi) is 6.15. The zero-order valence-electron chi connectivity index (χ0n) is 10.3. The predicted octanol–water partition coefficient (Wildman–Crippen LogP) is 0.0366. The van der Waals surface area contributed by atoms with Crippen LogP contribution >= 0.6 is 0 Å². The number of sulfone groups is 1. The fraction of sp³-hybridized carbons (Fsp3) is 0.800. The monoisotopic (exact) mass is 265 g/mol. The lowest BCUT2D eigenvalue weighted by molar-refractivity contribution is -0.141. The van der Waals surface area contributed by atoms with Gasteiger partial charge in [-0.25, -0.2) is 8.42 Å². The van der Waals surface area contributed by atoms with Crippen molar-refractivity contribution < 1.29 is 23.1 Å². The molecule has 6 nitrogen and oxygen atoms in total. The Labute approximate surface area is 101 Å². The Morgan fingerprint density at radius 2 is 1.82 bits per heavy atom. The summed E-state index contributed by atoms with van der Waals surface area (Å²) in [5.41, 5.74) is 0. The van der Waals surface area contributed by atoms with Crippen LogP contribution in [0.1, 0.15) is 26.7 Å². The quantitative estimate of drug-likeness (QED) is 0.633. The molecule has 0 aromatic heterocycles. The summed E-state index contributed by atoms with van der Waals surface area (Å²) in [7, 11) is -3.38. The highest BCUT2D eigenvalue weighted by atomic mass is 32.2. The van der Waals surface area contributed by atoms with Gasteiger partial charge in [0, 0.05) is 12.8 Å². The number of carboxylic acids is 1. The van der Waals surface area contributed by atoms with E-state index in [0.29, 0.717) is 12.8 Å². The maximum Gasteiger partial charge on any atom is 0.306 e. The maximum atomic E-state index is 11.4. The second kappa shape index (κ2) is 6.58. The number of carbonyl (C=O) groups excluding carboxylic acids is 1. The molecule has 0 saturated heterocycles. The lowest BCUT2D eigenvalue weighted by Gasteiger charge is -2.11. The van der Waals surface area contributed by atoms with E-state index in [1.807, 2.05) is 0 Å². The van der Waals surface area contributed by atoms with Crippen LogP contribution in [0.5, 0.6) is 0 Å². The van der Waals surface area contributed by atoms with Crippen molar-refractivity contribution in [3.8, 4) is 0 Å². The molecule has 7 heteroatoms. The van der Waals surface area contributed by atoms with Crippen molar-refractivity contribution in [2.75, 3.05) is 12.8 Å². The molecule has 17 heavy (non-hydrogen) atoms. The average molecular weight is 265 g/mol. The van der Waals surface area contributed by atoms with E-state index in [1.165, 1.54) is 6.92 Å². The number of amides is 1. The van der Waals surface area contributed by atoms with Crippen LogP contribution in [0.4, 0.5) is 0 Å². The zero-order chi connectivity index (χ0) is 13.6. The Hall–Kier alpha value is -1.11. The fourth-order valence-electron chi connectivity index (χ4n) is 1.08. The van der Waals surface area contributed by atoms with Gasteiger partial charge in [0.05, 0.1) is 5.92 Å². The van der Waals surface area contributed by atoms with Crippen LogP contribution in [0, 0.1) is 5.92 Å². The normalized spacial score (nSPS) is 15.0. The van der Waals surface area contributed by atoms with E-state index in [-0.39, 0.29) is 6.54 Å². The molecular weight excluding hydrogens is 246 g/mol. The van der Waals surface area contributed by atoms with Gasteiger partial charge in [-0.1, -0.05) is 6.92 Å². The third-order valence-corrected chi connectivity index (χ3v) is 4.04. The first-order valence-electron chi connectivity index (χ1n) is 5.35. The van der Waals surface area contributed by atoms with E-state index in [0.717, 1.165) is 6.26 Å². The molecule has 0 aromatic rings. The van der Waals surface area contributed by atoms with Crippen molar-refractivity contribution in [1.82, 2.24) is 5.32 Å². The molecule has 0 radical (unpaired) electrons. The minimum atomic E-state index is -3.38. The van der Waals surface area contributed by atoms with Crippen LogP contribution in [0.3, 0.4) is 0 Å². The lowest BCUT2D eigenvalue weighted by Crippen LogP contribution is -2.38. The molecule has 2 atom stereocenters. The Bertz CT molecular complexity index is 376. The molecule has 2 unspecified atom stereocenters. The summed E-state index contributed by atoms with van der Waals surface area (Å²) in [6.07, 6.45) is 1.96. The first kappa shape index (κ1) is 15.9. The van der Waals surface area contributed by atoms with Crippen LogP contribution in [0.2, 0.25) is 0 Å². The lowest BCUT2D eigenvalue weighted by atomic mass is 10.1. The van der Waals surface area contributed by atoms with Gasteiger partial charge in [-0.05, 0) is 19.8 Å². The molecule has 0 spiro atoms. The highest BCUT2D eigenvalue weighted by Gasteiger charge is 2.22. The number of carbonyl (C=O) groups is 2. The van der Waals surface area contributed by atoms with Gasteiger partial charge in [-0.3, -0.25) is 9.59 Å². The second-order valence-corrected chi connectivity index (χ2v) is 6.51. The van der Waals surface area contributed by atoms with Gasteiger partial charge in [0.1, 0.15) is 5.25 Å². The first-order chi connectivity index (χ1) is 7.66. The van der Waals surface area contributed by atoms with Crippen molar-refractivity contribution in [3.63, 3.8) is 0 Å². The summed E-state index contributed by atoms with van der Waals surface area (Å²) in [5.74, 6) is -1.88. The van der Waals surface area contributed by atoms with Gasteiger partial charge in [-0.2, -0.15) is 0 Å². The highest BCUT2D eigenvalue weighted by Crippen LogP contribution is 2.04. The van der Waals surface area contributed by atoms with Gasteiger partial charge in [-0.15, -0.1) is 0 Å². The number of rotatable bonds is 7. The summed E-state index contributed by atoms with van der Waals surface area (Å²) in [5, 5.41) is 10.0. The van der Waals surface area contributed by atoms with Gasteiger partial charge in [0.2, 0.25) is 5.91 Å². The van der Waals surface area contributed by atoms with Crippen molar-refractivity contribution in [2.45, 2.75) is 31.9 Å². The van der Waals surface area contributed by atoms with Crippen LogP contribution in [0.25, 0.3) is 0 Å². The molecule has 0 bridgehead atoms. The molecule has 100 valence electrons. The van der Waals surface area contributed by atoms with Crippen LogP contribution in [-0.2, 0) is 19.4 Å². The molecule has 0 saturated carbocycles. The van der Waals surface area contributed by atoms with E-state index in [4.69, 9.17) is 5.11 Å². The third kappa shape index (κ3) is 6.25. The van der Waals surface area contributed by atoms with Crippen molar-refractivity contribution >= 4 is 21.7 Å². The molecule has 1 amide bonds. The predicted molar refractivity (Wildman–Crippen MR) is 63.3 cm³/mol. The van der Waals surface area contributed by atoms with Crippen molar-refractivity contribution in [3.05, 3.63) is 0 Å². The fourth-order valence-corrected chi connectivity index (χ4v) is 1.55. The van der Waals surface area contributed by atoms with E-state index in [9.17, 15) is 18.0 Å². The molecule has 0 aliphatic heterocycles. The second-order valence-electron chi connectivity index (χ2n) is 4.14. The Morgan fingerprint density at radius 3 is 2.24 bits per heavy atom. The first-order valence-corrected chi connectivity index (χ1v) is 7.31. The van der Waals surface area contributed by atoms with E-state index in [2.05, 4.69) is 5.32 Å². The van der Waals surface area contributed by atoms with Gasteiger partial charge in [0.25, 0.3) is 0 Å². The molecule has 0 heterocycles. The zero-order valence-corrected chi connectivity index (χ0v) is 11.1. The van der Waals surface area contributed by atoms with E-state index >= 15 is 0 Å². The molecule has 0 fully saturated rings. The van der Waals surface area contributed by atoms with Gasteiger partial charge < -0.3 is 10.4 Å². The smallest absolute Gasteiger partial charge is 0.306 e. The molecular formula is C10H19NO5S. The molecule has 0 aliphatic rings. The van der Waals surface area contributed by atoms with Crippen LogP contribution in [-0.4, -0.2) is 43.5 Å². The maximum absolute atomic E-state index is 11.4. The standard InChI is InChI=1S/C10H19NO5S/c1-7(10(13)14)5-4-6-11-9(12)8(2)17(3,15)16/h7-8H,4-6H2,1-3H3,(H,11,12)(H,13,14). The van der Waals surface area contributed by atoms with Crippen molar-refractivity contribution in [2.24, 2.45) is 5.92 Å². The summed E-state index contributed by atoms with van der Waals surface area (Å²) in [4.78, 5) is 21.9. The van der Waals surface area contributed by atoms with Crippen LogP contribution in [0.15, 0.2) is 0 Å². The van der Waals surface area contributed by atoms with E-state index in [1.54, 1.807) is 6.92 Å². The highest BCUT2D eigenvalue weighted by molar-refractivity contribution is 7.92. The summed E-state index contributed by atoms with van der Waals surface area (Å²) in [6, 6.07) is 0. The third-order valence-electron chi connectivity index (χ3n) is 2.55. The number of hydrogen-bond donors (Lipinski definition) is 2. The van der Waals surface area contributed by atoms with Crippen molar-refractivity contribution in [1.29, 1.82) is 0 Å². The summed E-state index contributed by atoms with van der Waals surface area (Å²) >= 11 is 0. The largest absolute Gasteiger partial charge is 0.481 e. The average Bonchev–Trinajstić information content (AvgIpc) is 2.20. The summed E-state index contributed by atoms with van der Waals surface area (Å²) < 4.78 is 22.1. The minimum Gasteiger partial charge on any atom is -0.481 e. The number of nitrogens with one attached hydrogen (secondary N) is 1. The number of hydrogen-bond acceptors (Lipinski definition) is 4. The van der Waals surface area contributed by atoms with E-state index < -0.39 is 32.9 Å². The number of carboxylic acid groups (broad SMARTS) is 1. The van der Waals surface area contributed by atoms with Gasteiger partial charge >= 0.3 is 5.97 Å². The molecule has 0 aromatic carbocycles. The Balaban J connectivity index is 3.92. The SMILES string of the molecule is CC(CCCNC(=O)C(C)S(C)(=O)=O)C(=O)O. The topological polar surface area (TPSA) is 101 Å². The summed E-state index contributed by atoms with van der Waals surface area (Å²) in [6.45, 7) is 3.20. The molecule has 0 rings (SSSR count). The Morgan fingerprint density at radius 1 is 1.29 bits per heavy atom. The van der Waals surface area contributed by atoms with Crippen LogP contribution < -0.4 is 5.32 Å². The minimum absolute atomic E-state index is 0.288. The number of aliphatic carboxylic acids is 1. The molecule has 2 N–H and O–H groups in total. The van der Waals surface area contributed by atoms with Gasteiger partial charge in [0.15, 0.2) is 9.84 Å². The molecule has 0 aliphatic carbocycles.